The van der Waals surface area contributed by atoms with Crippen LogP contribution in [0.3, 0.4) is 0 Å². The van der Waals surface area contributed by atoms with E-state index < -0.39 is 0 Å². The van der Waals surface area contributed by atoms with Crippen LogP contribution in [-0.2, 0) is 0 Å². The Morgan fingerprint density at radius 2 is 1.78 bits per heavy atom. The van der Waals surface area contributed by atoms with E-state index in [9.17, 15) is 0 Å². The van der Waals surface area contributed by atoms with Crippen molar-refractivity contribution in [2.24, 2.45) is 5.92 Å². The first-order valence-electron chi connectivity index (χ1n) is 3.93. The van der Waals surface area contributed by atoms with E-state index in [0.717, 1.165) is 12.0 Å². The second-order valence-electron chi connectivity index (χ2n) is 2.69. The first kappa shape index (κ1) is 8.96. The standard InChI is InChI=1S/C8H19N/c1-5-7(3)8(6-2)9-4/h7-9H,5-6H2,1-4H3/t7-,8-/m0/s1. The minimum Gasteiger partial charge on any atom is -0.317 e. The number of nitrogens with one attached hydrogen (secondary N) is 1. The predicted octanol–water partition coefficient (Wildman–Crippen LogP) is 2.03. The predicted molar refractivity (Wildman–Crippen MR) is 42.6 cm³/mol. The van der Waals surface area contributed by atoms with Crippen LogP contribution in [0.1, 0.15) is 33.6 Å². The van der Waals surface area contributed by atoms with Crippen molar-refractivity contribution >= 4 is 0 Å². The van der Waals surface area contributed by atoms with Crippen molar-refractivity contribution in [2.45, 2.75) is 39.7 Å². The van der Waals surface area contributed by atoms with E-state index in [1.54, 1.807) is 0 Å². The van der Waals surface area contributed by atoms with Gasteiger partial charge in [0.2, 0.25) is 0 Å². The maximum Gasteiger partial charge on any atom is 0.00869 e. The highest BCUT2D eigenvalue weighted by molar-refractivity contribution is 4.67. The van der Waals surface area contributed by atoms with Gasteiger partial charge in [0, 0.05) is 6.04 Å². The number of rotatable bonds is 4. The Labute approximate surface area is 58.8 Å². The summed E-state index contributed by atoms with van der Waals surface area (Å²) >= 11 is 0. The van der Waals surface area contributed by atoms with Gasteiger partial charge in [-0.3, -0.25) is 0 Å². The van der Waals surface area contributed by atoms with Crippen LogP contribution in [0.15, 0.2) is 0 Å². The lowest BCUT2D eigenvalue weighted by Crippen LogP contribution is -2.30. The average molecular weight is 129 g/mol. The second-order valence-corrected chi connectivity index (χ2v) is 2.69. The van der Waals surface area contributed by atoms with Gasteiger partial charge in [0.25, 0.3) is 0 Å². The van der Waals surface area contributed by atoms with Crippen molar-refractivity contribution in [1.82, 2.24) is 5.32 Å². The van der Waals surface area contributed by atoms with Crippen molar-refractivity contribution in [1.29, 1.82) is 0 Å². The molecule has 0 bridgehead atoms. The zero-order chi connectivity index (χ0) is 7.28. The molecule has 0 fully saturated rings. The molecule has 1 nitrogen and oxygen atoms in total. The fraction of sp³-hybridized carbons (Fsp3) is 1.00. The summed E-state index contributed by atoms with van der Waals surface area (Å²) in [6, 6.07) is 0.718. The molecule has 56 valence electrons. The quantitative estimate of drug-likeness (QED) is 0.612. The molecule has 1 N–H and O–H groups in total. The lowest BCUT2D eigenvalue weighted by atomic mass is 9.97. The highest BCUT2D eigenvalue weighted by Crippen LogP contribution is 2.09. The summed E-state index contributed by atoms with van der Waals surface area (Å²) in [4.78, 5) is 0. The lowest BCUT2D eigenvalue weighted by Gasteiger charge is -2.19. The molecule has 9 heavy (non-hydrogen) atoms. The van der Waals surface area contributed by atoms with Crippen LogP contribution in [0.5, 0.6) is 0 Å². The van der Waals surface area contributed by atoms with Crippen LogP contribution in [0.25, 0.3) is 0 Å². The van der Waals surface area contributed by atoms with Crippen LogP contribution < -0.4 is 5.32 Å². The molecule has 0 aliphatic rings. The molecule has 0 aromatic carbocycles. The Balaban J connectivity index is 3.50. The molecule has 0 amide bonds. The van der Waals surface area contributed by atoms with Gasteiger partial charge in [-0.1, -0.05) is 27.2 Å². The average Bonchev–Trinajstić information content (AvgIpc) is 1.90. The van der Waals surface area contributed by atoms with E-state index in [1.807, 2.05) is 7.05 Å². The summed E-state index contributed by atoms with van der Waals surface area (Å²) in [7, 11) is 2.04. The molecule has 0 rings (SSSR count). The second kappa shape index (κ2) is 4.80. The van der Waals surface area contributed by atoms with Gasteiger partial charge in [0.15, 0.2) is 0 Å². The van der Waals surface area contributed by atoms with E-state index in [1.165, 1.54) is 12.8 Å². The van der Waals surface area contributed by atoms with Crippen LogP contribution >= 0.6 is 0 Å². The van der Waals surface area contributed by atoms with Crippen LogP contribution in [-0.4, -0.2) is 13.1 Å². The summed E-state index contributed by atoms with van der Waals surface area (Å²) in [6.45, 7) is 6.77. The first-order valence-corrected chi connectivity index (χ1v) is 3.93. The fourth-order valence-corrected chi connectivity index (χ4v) is 1.18. The van der Waals surface area contributed by atoms with E-state index in [4.69, 9.17) is 0 Å². The van der Waals surface area contributed by atoms with Gasteiger partial charge in [-0.05, 0) is 19.4 Å². The highest BCUT2D eigenvalue weighted by Gasteiger charge is 2.09. The largest absolute Gasteiger partial charge is 0.317 e. The fourth-order valence-electron chi connectivity index (χ4n) is 1.18. The van der Waals surface area contributed by atoms with Gasteiger partial charge >= 0.3 is 0 Å². The third-order valence-corrected chi connectivity index (χ3v) is 2.14. The van der Waals surface area contributed by atoms with Gasteiger partial charge < -0.3 is 5.32 Å². The minimum atomic E-state index is 0.718. The molecule has 2 atom stereocenters. The van der Waals surface area contributed by atoms with Crippen LogP contribution in [0.2, 0.25) is 0 Å². The van der Waals surface area contributed by atoms with Crippen LogP contribution in [0.4, 0.5) is 0 Å². The summed E-state index contributed by atoms with van der Waals surface area (Å²) in [5.41, 5.74) is 0. The summed E-state index contributed by atoms with van der Waals surface area (Å²) < 4.78 is 0. The highest BCUT2D eigenvalue weighted by atomic mass is 14.9. The third kappa shape index (κ3) is 2.85. The monoisotopic (exact) mass is 129 g/mol. The third-order valence-electron chi connectivity index (χ3n) is 2.14. The summed E-state index contributed by atoms with van der Waals surface area (Å²) in [5, 5.41) is 3.30. The van der Waals surface area contributed by atoms with Gasteiger partial charge in [0.05, 0.1) is 0 Å². The van der Waals surface area contributed by atoms with Gasteiger partial charge in [0.1, 0.15) is 0 Å². The van der Waals surface area contributed by atoms with Gasteiger partial charge in [-0.15, -0.1) is 0 Å². The smallest absolute Gasteiger partial charge is 0.00869 e. The molecule has 0 radical (unpaired) electrons. The van der Waals surface area contributed by atoms with E-state index >= 15 is 0 Å². The molecule has 0 heterocycles. The van der Waals surface area contributed by atoms with Crippen molar-refractivity contribution < 1.29 is 0 Å². The summed E-state index contributed by atoms with van der Waals surface area (Å²) in [6.07, 6.45) is 2.52. The Morgan fingerprint density at radius 1 is 1.22 bits per heavy atom. The molecular formula is C8H19N. The Bertz CT molecular complexity index is 57.6. The van der Waals surface area contributed by atoms with Gasteiger partial charge in [-0.25, -0.2) is 0 Å². The Morgan fingerprint density at radius 3 is 1.89 bits per heavy atom. The maximum atomic E-state index is 3.30. The first-order chi connectivity index (χ1) is 4.26. The Kier molecular flexibility index (Phi) is 4.78. The molecule has 0 aliphatic heterocycles. The molecule has 0 saturated carbocycles. The van der Waals surface area contributed by atoms with Crippen molar-refractivity contribution in [3.05, 3.63) is 0 Å². The van der Waals surface area contributed by atoms with Crippen molar-refractivity contribution in [2.75, 3.05) is 7.05 Å². The number of hydrogen-bond donors (Lipinski definition) is 1. The van der Waals surface area contributed by atoms with Crippen molar-refractivity contribution in [3.63, 3.8) is 0 Å². The molecule has 1 heteroatoms. The summed E-state index contributed by atoms with van der Waals surface area (Å²) in [5.74, 6) is 0.819. The number of hydrogen-bond acceptors (Lipinski definition) is 1. The van der Waals surface area contributed by atoms with E-state index in [0.29, 0.717) is 0 Å². The lowest BCUT2D eigenvalue weighted by molar-refractivity contribution is 0.379. The SMILES string of the molecule is CC[C@H](NC)[C@@H](C)CC. The molecule has 0 aromatic heterocycles. The topological polar surface area (TPSA) is 12.0 Å². The molecule has 0 aromatic rings. The minimum absolute atomic E-state index is 0.718. The zero-order valence-electron chi connectivity index (χ0n) is 7.07. The van der Waals surface area contributed by atoms with Crippen LogP contribution in [0, 0.1) is 5.92 Å². The molecular weight excluding hydrogens is 110 g/mol. The van der Waals surface area contributed by atoms with Gasteiger partial charge in [-0.2, -0.15) is 0 Å². The molecule has 0 spiro atoms. The Hall–Kier alpha value is -0.0400. The van der Waals surface area contributed by atoms with E-state index in [2.05, 4.69) is 26.1 Å². The molecule has 0 saturated heterocycles. The van der Waals surface area contributed by atoms with Crippen molar-refractivity contribution in [3.8, 4) is 0 Å². The zero-order valence-corrected chi connectivity index (χ0v) is 7.07. The normalized spacial score (nSPS) is 17.3. The molecule has 0 aliphatic carbocycles. The maximum absolute atomic E-state index is 3.30. The van der Waals surface area contributed by atoms with E-state index in [-0.39, 0.29) is 0 Å². The molecule has 0 unspecified atom stereocenters.